The largest absolute Gasteiger partial charge is 0.396 e. The second kappa shape index (κ2) is 8.94. The number of hydrogen-bond acceptors (Lipinski definition) is 3. The van der Waals surface area contributed by atoms with Crippen molar-refractivity contribution < 1.29 is 14.3 Å². The van der Waals surface area contributed by atoms with Crippen molar-refractivity contribution in [2.75, 3.05) is 18.9 Å². The van der Waals surface area contributed by atoms with Gasteiger partial charge in [0, 0.05) is 18.0 Å². The number of nitrogens with one attached hydrogen (secondary N) is 1. The molecule has 0 fully saturated rings. The number of amides is 1. The molecule has 5 heteroatoms. The highest BCUT2D eigenvalue weighted by Crippen LogP contribution is 2.17. The molecular weight excluding hydrogens is 253 g/mol. The number of carbonyl (C=O) groups is 1. The maximum Gasteiger partial charge on any atom is 0.230 e. The molecule has 18 heavy (non-hydrogen) atoms. The molecule has 0 aliphatic heterocycles. The Bertz CT molecular complexity index is 357. The maximum absolute atomic E-state index is 12.6. The second-order valence-electron chi connectivity index (χ2n) is 3.88. The number of aliphatic hydroxyl groups is 1. The van der Waals surface area contributed by atoms with Crippen molar-refractivity contribution in [1.29, 1.82) is 0 Å². The van der Waals surface area contributed by atoms with Crippen LogP contribution in [0.15, 0.2) is 29.2 Å². The van der Waals surface area contributed by atoms with E-state index in [9.17, 15) is 9.18 Å². The molecule has 2 N–H and O–H groups in total. The van der Waals surface area contributed by atoms with E-state index >= 15 is 0 Å². The molecule has 0 radical (unpaired) electrons. The highest BCUT2D eigenvalue weighted by molar-refractivity contribution is 8.00. The van der Waals surface area contributed by atoms with Crippen LogP contribution in [0, 0.1) is 5.82 Å². The fourth-order valence-corrected chi connectivity index (χ4v) is 2.10. The molecule has 0 bridgehead atoms. The number of hydrogen-bond donors (Lipinski definition) is 2. The molecule has 0 spiro atoms. The first kappa shape index (κ1) is 15.0. The highest BCUT2D eigenvalue weighted by Gasteiger charge is 2.02. The van der Waals surface area contributed by atoms with Crippen molar-refractivity contribution >= 4 is 17.7 Å². The van der Waals surface area contributed by atoms with E-state index in [1.165, 1.54) is 23.9 Å². The zero-order chi connectivity index (χ0) is 13.2. The Morgan fingerprint density at radius 2 is 1.94 bits per heavy atom. The summed E-state index contributed by atoms with van der Waals surface area (Å²) in [6, 6.07) is 6.09. The second-order valence-corrected chi connectivity index (χ2v) is 4.93. The minimum absolute atomic E-state index is 0.0201. The fraction of sp³-hybridized carbons (Fsp3) is 0.462. The van der Waals surface area contributed by atoms with Gasteiger partial charge in [0.05, 0.1) is 5.75 Å². The fourth-order valence-electron chi connectivity index (χ4n) is 1.37. The molecule has 0 saturated heterocycles. The lowest BCUT2D eigenvalue weighted by atomic mass is 10.2. The minimum Gasteiger partial charge on any atom is -0.396 e. The summed E-state index contributed by atoms with van der Waals surface area (Å²) in [6.07, 6.45) is 2.58. The van der Waals surface area contributed by atoms with Gasteiger partial charge in [0.15, 0.2) is 0 Å². The first-order valence-corrected chi connectivity index (χ1v) is 6.97. The summed E-state index contributed by atoms with van der Waals surface area (Å²) >= 11 is 1.39. The Morgan fingerprint density at radius 1 is 1.22 bits per heavy atom. The normalized spacial score (nSPS) is 10.3. The first-order chi connectivity index (χ1) is 8.72. The standard InChI is InChI=1S/C13H18FNO2S/c14-11-4-6-12(7-5-11)18-10-13(17)15-8-2-1-3-9-16/h4-7,16H,1-3,8-10H2,(H,15,17). The summed E-state index contributed by atoms with van der Waals surface area (Å²) < 4.78 is 12.6. The van der Waals surface area contributed by atoms with E-state index in [1.807, 2.05) is 0 Å². The molecule has 0 aliphatic carbocycles. The molecule has 0 saturated carbocycles. The van der Waals surface area contributed by atoms with Gasteiger partial charge < -0.3 is 10.4 Å². The van der Waals surface area contributed by atoms with Gasteiger partial charge in [-0.15, -0.1) is 11.8 Å². The number of halogens is 1. The summed E-state index contributed by atoms with van der Waals surface area (Å²) in [6.45, 7) is 0.844. The van der Waals surface area contributed by atoms with E-state index in [-0.39, 0.29) is 18.3 Å². The number of unbranched alkanes of at least 4 members (excludes halogenated alkanes) is 2. The van der Waals surface area contributed by atoms with E-state index in [0.717, 1.165) is 24.2 Å². The quantitative estimate of drug-likeness (QED) is 0.563. The molecule has 1 aromatic rings. The van der Waals surface area contributed by atoms with Crippen LogP contribution in [0.3, 0.4) is 0 Å². The van der Waals surface area contributed by atoms with Gasteiger partial charge in [0.2, 0.25) is 5.91 Å². The van der Waals surface area contributed by atoms with Crippen LogP contribution >= 0.6 is 11.8 Å². The Labute approximate surface area is 111 Å². The summed E-state index contributed by atoms with van der Waals surface area (Å²) in [5.41, 5.74) is 0. The van der Waals surface area contributed by atoms with Crippen LogP contribution in [0.2, 0.25) is 0 Å². The number of rotatable bonds is 8. The third kappa shape index (κ3) is 6.61. The van der Waals surface area contributed by atoms with Gasteiger partial charge in [-0.25, -0.2) is 4.39 Å². The van der Waals surface area contributed by atoms with Crippen molar-refractivity contribution in [3.8, 4) is 0 Å². The Kier molecular flexibility index (Phi) is 7.44. The van der Waals surface area contributed by atoms with Crippen LogP contribution in [0.1, 0.15) is 19.3 Å². The topological polar surface area (TPSA) is 49.3 Å². The average Bonchev–Trinajstić information content (AvgIpc) is 2.38. The van der Waals surface area contributed by atoms with Gasteiger partial charge in [0.1, 0.15) is 5.82 Å². The predicted molar refractivity (Wildman–Crippen MR) is 71.1 cm³/mol. The average molecular weight is 271 g/mol. The van der Waals surface area contributed by atoms with Gasteiger partial charge in [-0.3, -0.25) is 4.79 Å². The number of benzene rings is 1. The van der Waals surface area contributed by atoms with E-state index < -0.39 is 0 Å². The van der Waals surface area contributed by atoms with Crippen LogP contribution in [-0.4, -0.2) is 29.9 Å². The Hall–Kier alpha value is -1.07. The number of aliphatic hydroxyl groups excluding tert-OH is 1. The van der Waals surface area contributed by atoms with Crippen molar-refractivity contribution in [3.05, 3.63) is 30.1 Å². The van der Waals surface area contributed by atoms with Crippen molar-refractivity contribution in [1.82, 2.24) is 5.32 Å². The van der Waals surface area contributed by atoms with Gasteiger partial charge in [-0.05, 0) is 43.5 Å². The van der Waals surface area contributed by atoms with Crippen molar-refractivity contribution in [3.63, 3.8) is 0 Å². The highest BCUT2D eigenvalue weighted by atomic mass is 32.2. The SMILES string of the molecule is O=C(CSc1ccc(F)cc1)NCCCCCO. The van der Waals surface area contributed by atoms with Gasteiger partial charge in [0.25, 0.3) is 0 Å². The van der Waals surface area contributed by atoms with Gasteiger partial charge in [-0.2, -0.15) is 0 Å². The molecule has 0 atom stereocenters. The van der Waals surface area contributed by atoms with E-state index in [4.69, 9.17) is 5.11 Å². The summed E-state index contributed by atoms with van der Waals surface area (Å²) in [5, 5.41) is 11.4. The molecule has 1 rings (SSSR count). The summed E-state index contributed by atoms with van der Waals surface area (Å²) in [7, 11) is 0. The smallest absolute Gasteiger partial charge is 0.230 e. The molecule has 0 heterocycles. The minimum atomic E-state index is -0.271. The predicted octanol–water partition coefficient (Wildman–Crippen LogP) is 2.20. The van der Waals surface area contributed by atoms with E-state index in [2.05, 4.69) is 5.32 Å². The summed E-state index contributed by atoms with van der Waals surface area (Å²) in [4.78, 5) is 12.3. The van der Waals surface area contributed by atoms with Gasteiger partial charge in [-0.1, -0.05) is 0 Å². The molecule has 0 unspecified atom stereocenters. The lowest BCUT2D eigenvalue weighted by molar-refractivity contribution is -0.118. The molecule has 0 aromatic heterocycles. The third-order valence-corrected chi connectivity index (χ3v) is 3.35. The molecule has 0 aliphatic rings. The maximum atomic E-state index is 12.6. The van der Waals surface area contributed by atoms with Crippen LogP contribution < -0.4 is 5.32 Å². The molecule has 100 valence electrons. The number of carbonyl (C=O) groups excluding carboxylic acids is 1. The molecule has 3 nitrogen and oxygen atoms in total. The van der Waals surface area contributed by atoms with E-state index in [1.54, 1.807) is 12.1 Å². The summed E-state index contributed by atoms with van der Waals surface area (Å²) in [5.74, 6) is 0.0482. The van der Waals surface area contributed by atoms with Crippen LogP contribution in [0.4, 0.5) is 4.39 Å². The van der Waals surface area contributed by atoms with Gasteiger partial charge >= 0.3 is 0 Å². The van der Waals surface area contributed by atoms with Crippen molar-refractivity contribution in [2.45, 2.75) is 24.2 Å². The molecular formula is C13H18FNO2S. The lowest BCUT2D eigenvalue weighted by Gasteiger charge is -2.04. The molecule has 1 aromatic carbocycles. The third-order valence-electron chi connectivity index (χ3n) is 2.34. The van der Waals surface area contributed by atoms with Crippen LogP contribution in [0.5, 0.6) is 0 Å². The van der Waals surface area contributed by atoms with Crippen LogP contribution in [0.25, 0.3) is 0 Å². The zero-order valence-electron chi connectivity index (χ0n) is 10.2. The number of thioether (sulfide) groups is 1. The Balaban J connectivity index is 2.11. The zero-order valence-corrected chi connectivity index (χ0v) is 11.0. The van der Waals surface area contributed by atoms with Crippen LogP contribution in [-0.2, 0) is 4.79 Å². The monoisotopic (exact) mass is 271 g/mol. The first-order valence-electron chi connectivity index (χ1n) is 5.98. The van der Waals surface area contributed by atoms with Crippen molar-refractivity contribution in [2.24, 2.45) is 0 Å². The Morgan fingerprint density at radius 3 is 2.61 bits per heavy atom. The van der Waals surface area contributed by atoms with E-state index in [0.29, 0.717) is 12.3 Å². The lowest BCUT2D eigenvalue weighted by Crippen LogP contribution is -2.26. The molecule has 1 amide bonds.